The fourth-order valence-corrected chi connectivity index (χ4v) is 5.55. The molecule has 1 N–H and O–H groups in total. The largest absolute Gasteiger partial charge is 0.480 e. The van der Waals surface area contributed by atoms with Crippen LogP contribution >= 0.6 is 0 Å². The lowest BCUT2D eigenvalue weighted by Crippen LogP contribution is -2.47. The number of carboxylic acids is 1. The van der Waals surface area contributed by atoms with E-state index in [1.165, 1.54) is 19.1 Å². The van der Waals surface area contributed by atoms with Crippen molar-refractivity contribution in [2.24, 2.45) is 34.0 Å². The molecular formula is C18H17N5O6. The summed E-state index contributed by atoms with van der Waals surface area (Å²) in [4.78, 5) is 48.5. The number of nitrogens with zero attached hydrogens (tertiary/aromatic N) is 5. The van der Waals surface area contributed by atoms with Gasteiger partial charge in [-0.25, -0.2) is 9.80 Å². The number of likely N-dealkylation sites (tertiary alicyclic amines) is 1. The lowest BCUT2D eigenvalue weighted by Gasteiger charge is -2.33. The van der Waals surface area contributed by atoms with Crippen molar-refractivity contribution in [3.63, 3.8) is 0 Å². The molecule has 7 atom stereocenters. The van der Waals surface area contributed by atoms with Gasteiger partial charge in [-0.05, 0) is 37.3 Å². The number of anilines is 1. The standard InChI is InChI=1S/C18H17N5O6/c1-7(18(26)27)21-16(24)12-10-6-11(13(12)17(21)25)15-14(10)19-20-22(15)8-2-4-9(5-3-8)23(28)29/h2-5,7,10-15H,6H2,1H3,(H,26,27)/t7-,10-,11+,12-,13+,14-,15-/m1/s1. The Bertz CT molecular complexity index is 977. The van der Waals surface area contributed by atoms with Crippen molar-refractivity contribution in [1.29, 1.82) is 0 Å². The second-order valence-electron chi connectivity index (χ2n) is 7.98. The molecule has 2 bridgehead atoms. The van der Waals surface area contributed by atoms with Crippen LogP contribution in [0.2, 0.25) is 0 Å². The van der Waals surface area contributed by atoms with E-state index in [4.69, 9.17) is 0 Å². The number of hydrogen-bond donors (Lipinski definition) is 1. The molecule has 2 saturated carbocycles. The Labute approximate surface area is 164 Å². The highest BCUT2D eigenvalue weighted by Crippen LogP contribution is 2.60. The normalized spacial score (nSPS) is 35.2. The average molecular weight is 399 g/mol. The molecule has 29 heavy (non-hydrogen) atoms. The summed E-state index contributed by atoms with van der Waals surface area (Å²) in [6.45, 7) is 1.34. The number of nitro benzene ring substituents is 1. The van der Waals surface area contributed by atoms with Gasteiger partial charge in [0.15, 0.2) is 0 Å². The third-order valence-corrected chi connectivity index (χ3v) is 6.76. The molecule has 3 fully saturated rings. The van der Waals surface area contributed by atoms with Gasteiger partial charge in [-0.3, -0.25) is 24.6 Å². The molecule has 0 unspecified atom stereocenters. The minimum absolute atomic E-state index is 0.0377. The number of aliphatic carboxylic acids is 1. The highest BCUT2D eigenvalue weighted by molar-refractivity contribution is 6.08. The topological polar surface area (TPSA) is 146 Å². The molecule has 0 spiro atoms. The molecule has 1 aromatic rings. The van der Waals surface area contributed by atoms with Crippen LogP contribution in [0.3, 0.4) is 0 Å². The fourth-order valence-electron chi connectivity index (χ4n) is 5.55. The van der Waals surface area contributed by atoms with Crippen LogP contribution < -0.4 is 5.01 Å². The summed E-state index contributed by atoms with van der Waals surface area (Å²) in [5.41, 5.74) is 0.591. The predicted molar refractivity (Wildman–Crippen MR) is 95.5 cm³/mol. The molecular weight excluding hydrogens is 382 g/mol. The van der Waals surface area contributed by atoms with E-state index in [1.54, 1.807) is 17.1 Å². The third kappa shape index (κ3) is 2.21. The van der Waals surface area contributed by atoms with Gasteiger partial charge in [-0.2, -0.15) is 5.11 Å². The molecule has 0 radical (unpaired) electrons. The smallest absolute Gasteiger partial charge is 0.326 e. The zero-order chi connectivity index (χ0) is 20.6. The minimum Gasteiger partial charge on any atom is -0.480 e. The number of carbonyl (C=O) groups excluding carboxylic acids is 2. The number of rotatable bonds is 4. The Morgan fingerprint density at radius 1 is 1.21 bits per heavy atom. The Balaban J connectivity index is 1.45. The van der Waals surface area contributed by atoms with Gasteiger partial charge >= 0.3 is 5.97 Å². The fraction of sp³-hybridized carbons (Fsp3) is 0.500. The number of imide groups is 1. The van der Waals surface area contributed by atoms with Crippen molar-refractivity contribution in [2.45, 2.75) is 31.5 Å². The number of nitro groups is 1. The Morgan fingerprint density at radius 2 is 1.83 bits per heavy atom. The summed E-state index contributed by atoms with van der Waals surface area (Å²) in [6, 6.07) is 4.26. The first-order valence-electron chi connectivity index (χ1n) is 9.35. The van der Waals surface area contributed by atoms with E-state index < -0.39 is 40.6 Å². The summed E-state index contributed by atoms with van der Waals surface area (Å²) in [5, 5.41) is 30.4. The number of benzene rings is 1. The van der Waals surface area contributed by atoms with Gasteiger partial charge in [0.2, 0.25) is 11.8 Å². The van der Waals surface area contributed by atoms with E-state index in [2.05, 4.69) is 10.3 Å². The van der Waals surface area contributed by atoms with E-state index in [0.717, 1.165) is 4.90 Å². The quantitative estimate of drug-likeness (QED) is 0.455. The van der Waals surface area contributed by atoms with Gasteiger partial charge in [0.25, 0.3) is 5.69 Å². The van der Waals surface area contributed by atoms with Crippen molar-refractivity contribution in [1.82, 2.24) is 4.90 Å². The maximum Gasteiger partial charge on any atom is 0.326 e. The summed E-state index contributed by atoms with van der Waals surface area (Å²) < 4.78 is 0. The zero-order valence-electron chi connectivity index (χ0n) is 15.3. The highest BCUT2D eigenvalue weighted by atomic mass is 16.6. The number of carboxylic acid groups (broad SMARTS) is 1. The van der Waals surface area contributed by atoms with Crippen LogP contribution in [0.5, 0.6) is 0 Å². The molecule has 150 valence electrons. The lowest BCUT2D eigenvalue weighted by molar-refractivity contribution is -0.384. The van der Waals surface area contributed by atoms with Crippen LogP contribution in [0.1, 0.15) is 13.3 Å². The van der Waals surface area contributed by atoms with Crippen LogP contribution in [-0.2, 0) is 14.4 Å². The van der Waals surface area contributed by atoms with Crippen molar-refractivity contribution in [3.8, 4) is 0 Å². The van der Waals surface area contributed by atoms with Crippen molar-refractivity contribution in [3.05, 3.63) is 34.4 Å². The van der Waals surface area contributed by atoms with E-state index in [-0.39, 0.29) is 29.6 Å². The zero-order valence-corrected chi connectivity index (χ0v) is 15.3. The molecule has 4 aliphatic rings. The second kappa shape index (κ2) is 5.82. The molecule has 1 saturated heterocycles. The summed E-state index contributed by atoms with van der Waals surface area (Å²) in [5.74, 6) is -3.54. The van der Waals surface area contributed by atoms with Crippen LogP contribution in [0.4, 0.5) is 11.4 Å². The number of carbonyl (C=O) groups is 3. The number of hydrogen-bond acceptors (Lipinski definition) is 8. The number of non-ortho nitro benzene ring substituents is 1. The molecule has 2 heterocycles. The molecule has 1 aromatic carbocycles. The van der Waals surface area contributed by atoms with Crippen molar-refractivity contribution >= 4 is 29.2 Å². The molecule has 0 aromatic heterocycles. The number of amides is 2. The van der Waals surface area contributed by atoms with Gasteiger partial charge in [0.1, 0.15) is 6.04 Å². The van der Waals surface area contributed by atoms with Crippen molar-refractivity contribution in [2.75, 3.05) is 5.01 Å². The van der Waals surface area contributed by atoms with E-state index >= 15 is 0 Å². The van der Waals surface area contributed by atoms with Crippen LogP contribution in [0, 0.1) is 33.8 Å². The van der Waals surface area contributed by atoms with Gasteiger partial charge in [0.05, 0.1) is 34.5 Å². The molecule has 2 amide bonds. The summed E-state index contributed by atoms with van der Waals surface area (Å²) in [6.07, 6.45) is 0.653. The maximum absolute atomic E-state index is 13.0. The van der Waals surface area contributed by atoms with Crippen LogP contribution in [-0.4, -0.2) is 50.8 Å². The van der Waals surface area contributed by atoms with Gasteiger partial charge in [-0.1, -0.05) is 5.22 Å². The molecule has 11 nitrogen and oxygen atoms in total. The molecule has 5 rings (SSSR count). The van der Waals surface area contributed by atoms with Crippen LogP contribution in [0.25, 0.3) is 0 Å². The van der Waals surface area contributed by atoms with Gasteiger partial charge < -0.3 is 5.11 Å². The van der Waals surface area contributed by atoms with E-state index in [0.29, 0.717) is 12.1 Å². The molecule has 2 aliphatic heterocycles. The summed E-state index contributed by atoms with van der Waals surface area (Å²) >= 11 is 0. The Hall–Kier alpha value is -3.37. The average Bonchev–Trinajstić information content (AvgIpc) is 3.41. The summed E-state index contributed by atoms with van der Waals surface area (Å²) in [7, 11) is 0. The van der Waals surface area contributed by atoms with Gasteiger partial charge in [-0.15, -0.1) is 0 Å². The Kier molecular flexibility index (Phi) is 3.55. The lowest BCUT2D eigenvalue weighted by atomic mass is 9.76. The first-order valence-corrected chi connectivity index (χ1v) is 9.35. The highest BCUT2D eigenvalue weighted by Gasteiger charge is 2.70. The predicted octanol–water partition coefficient (Wildman–Crippen LogP) is 1.24. The molecule has 11 heteroatoms. The second-order valence-corrected chi connectivity index (χ2v) is 7.98. The maximum atomic E-state index is 13.0. The van der Waals surface area contributed by atoms with Crippen molar-refractivity contribution < 1.29 is 24.4 Å². The third-order valence-electron chi connectivity index (χ3n) is 6.76. The number of fused-ring (bicyclic) bond motifs is 8. The first kappa shape index (κ1) is 17.7. The monoisotopic (exact) mass is 399 g/mol. The van der Waals surface area contributed by atoms with Gasteiger partial charge in [0, 0.05) is 12.1 Å². The van der Waals surface area contributed by atoms with E-state index in [1.807, 2.05) is 0 Å². The molecule has 2 aliphatic carbocycles. The SMILES string of the molecule is C[C@H](C(=O)O)N1C(=O)[C@@H]2[C@H]3C[C@@H]([C@@H]2C1=O)[C@@H]1[C@@H]3N=NN1c1ccc([N+](=O)[O-])cc1. The Morgan fingerprint density at radius 3 is 2.41 bits per heavy atom. The first-order chi connectivity index (χ1) is 13.8. The van der Waals surface area contributed by atoms with Crippen LogP contribution in [0.15, 0.2) is 34.6 Å². The van der Waals surface area contributed by atoms with E-state index in [9.17, 15) is 29.6 Å². The minimum atomic E-state index is -1.22.